The summed E-state index contributed by atoms with van der Waals surface area (Å²) in [7, 11) is 0. The third-order valence-corrected chi connectivity index (χ3v) is 8.32. The lowest BCUT2D eigenvalue weighted by Crippen LogP contribution is -2.11. The molecule has 0 saturated heterocycles. The SMILES string of the molecule is O=C(CCCc1ccc(-c2ccccc2F)cc1)Nc1ccc(O)cc1.O=C(CCCc1ccc(-c2ccccc2F)cc1)Nc1ccc(O)cc1. The van der Waals surface area contributed by atoms with Gasteiger partial charge in [-0.15, -0.1) is 0 Å². The summed E-state index contributed by atoms with van der Waals surface area (Å²) in [6.07, 6.45) is 3.83. The van der Waals surface area contributed by atoms with E-state index >= 15 is 0 Å². The van der Waals surface area contributed by atoms with Crippen molar-refractivity contribution in [3.8, 4) is 33.8 Å². The average molecular weight is 699 g/mol. The molecule has 2 amide bonds. The molecule has 4 N–H and O–H groups in total. The van der Waals surface area contributed by atoms with E-state index < -0.39 is 0 Å². The van der Waals surface area contributed by atoms with E-state index in [0.29, 0.717) is 35.3 Å². The van der Waals surface area contributed by atoms with Gasteiger partial charge in [0.2, 0.25) is 11.8 Å². The van der Waals surface area contributed by atoms with Crippen molar-refractivity contribution in [2.24, 2.45) is 0 Å². The number of phenolic OH excluding ortho intramolecular Hbond substituents is 2. The van der Waals surface area contributed by atoms with Crippen LogP contribution in [0, 0.1) is 11.6 Å². The van der Waals surface area contributed by atoms with E-state index in [1.54, 1.807) is 48.5 Å². The van der Waals surface area contributed by atoms with Crippen LogP contribution in [0.25, 0.3) is 22.3 Å². The van der Waals surface area contributed by atoms with Crippen LogP contribution in [0.1, 0.15) is 36.8 Å². The van der Waals surface area contributed by atoms with Gasteiger partial charge in [-0.3, -0.25) is 9.59 Å². The number of carbonyl (C=O) groups excluding carboxylic acids is 2. The third-order valence-electron chi connectivity index (χ3n) is 8.32. The monoisotopic (exact) mass is 698 g/mol. The van der Waals surface area contributed by atoms with Crippen LogP contribution < -0.4 is 10.6 Å². The van der Waals surface area contributed by atoms with Crippen molar-refractivity contribution < 1.29 is 28.6 Å². The van der Waals surface area contributed by atoms with Gasteiger partial charge >= 0.3 is 0 Å². The summed E-state index contributed by atoms with van der Waals surface area (Å²) in [4.78, 5) is 23.9. The summed E-state index contributed by atoms with van der Waals surface area (Å²) in [6, 6.07) is 41.7. The molecule has 0 aliphatic carbocycles. The number of halogens is 2. The molecule has 0 fully saturated rings. The minimum absolute atomic E-state index is 0.0568. The van der Waals surface area contributed by atoms with Crippen LogP contribution in [-0.4, -0.2) is 22.0 Å². The van der Waals surface area contributed by atoms with E-state index in [4.69, 9.17) is 0 Å². The summed E-state index contributed by atoms with van der Waals surface area (Å²) in [6.45, 7) is 0. The second kappa shape index (κ2) is 18.6. The third kappa shape index (κ3) is 11.4. The molecule has 0 bridgehead atoms. The van der Waals surface area contributed by atoms with Crippen molar-refractivity contribution in [3.05, 3.63) is 168 Å². The summed E-state index contributed by atoms with van der Waals surface area (Å²) in [5, 5.41) is 24.1. The Morgan fingerprint density at radius 1 is 0.462 bits per heavy atom. The van der Waals surface area contributed by atoms with Crippen molar-refractivity contribution >= 4 is 23.2 Å². The standard InChI is InChI=1S/2C22H20FNO2/c2*23-21-6-2-1-5-20(21)17-10-8-16(9-11-17)4-3-7-22(26)24-18-12-14-19(25)15-13-18/h2*1-2,5-6,8-15,25H,3-4,7H2,(H,24,26). The fourth-order valence-corrected chi connectivity index (χ4v) is 5.54. The number of benzene rings is 6. The molecule has 6 rings (SSSR count). The highest BCUT2D eigenvalue weighted by atomic mass is 19.1. The number of anilines is 2. The maximum atomic E-state index is 13.8. The number of nitrogens with one attached hydrogen (secondary N) is 2. The Hall–Kier alpha value is -6.28. The van der Waals surface area contributed by atoms with Crippen molar-refractivity contribution in [1.29, 1.82) is 0 Å². The molecule has 0 aliphatic rings. The molecule has 0 heterocycles. The Balaban J connectivity index is 0.000000201. The van der Waals surface area contributed by atoms with Gasteiger partial charge in [0.1, 0.15) is 23.1 Å². The van der Waals surface area contributed by atoms with E-state index in [1.807, 2.05) is 60.7 Å². The molecule has 0 saturated carbocycles. The van der Waals surface area contributed by atoms with Gasteiger partial charge in [-0.2, -0.15) is 0 Å². The Morgan fingerprint density at radius 3 is 1.15 bits per heavy atom. The van der Waals surface area contributed by atoms with Gasteiger partial charge in [0.05, 0.1) is 0 Å². The Kier molecular flexibility index (Phi) is 13.3. The molecule has 8 heteroatoms. The van der Waals surface area contributed by atoms with Gasteiger partial charge in [0.25, 0.3) is 0 Å². The van der Waals surface area contributed by atoms with E-state index in [9.17, 15) is 28.6 Å². The first kappa shape index (κ1) is 37.0. The number of aromatic hydroxyl groups is 2. The summed E-state index contributed by atoms with van der Waals surface area (Å²) >= 11 is 0. The van der Waals surface area contributed by atoms with E-state index in [0.717, 1.165) is 47.9 Å². The second-order valence-corrected chi connectivity index (χ2v) is 12.3. The Morgan fingerprint density at radius 2 is 0.808 bits per heavy atom. The number of aryl methyl sites for hydroxylation is 2. The summed E-state index contributed by atoms with van der Waals surface area (Å²) in [5.41, 5.74) is 6.43. The van der Waals surface area contributed by atoms with Crippen molar-refractivity contribution in [2.45, 2.75) is 38.5 Å². The normalized spacial score (nSPS) is 10.5. The zero-order chi connectivity index (χ0) is 36.7. The lowest BCUT2D eigenvalue weighted by Gasteiger charge is -2.07. The zero-order valence-corrected chi connectivity index (χ0v) is 28.6. The number of amides is 2. The smallest absolute Gasteiger partial charge is 0.224 e. The summed E-state index contributed by atoms with van der Waals surface area (Å²) < 4.78 is 27.6. The molecule has 264 valence electrons. The van der Waals surface area contributed by atoms with Crippen molar-refractivity contribution in [1.82, 2.24) is 0 Å². The quantitative estimate of drug-likeness (QED) is 0.0957. The largest absolute Gasteiger partial charge is 0.508 e. The predicted molar refractivity (Wildman–Crippen MR) is 203 cm³/mol. The lowest BCUT2D eigenvalue weighted by molar-refractivity contribution is -0.117. The van der Waals surface area contributed by atoms with Gasteiger partial charge < -0.3 is 20.8 Å². The van der Waals surface area contributed by atoms with E-state index in [-0.39, 0.29) is 34.9 Å². The van der Waals surface area contributed by atoms with Crippen LogP contribution in [0.4, 0.5) is 20.2 Å². The molecule has 0 spiro atoms. The first-order valence-corrected chi connectivity index (χ1v) is 17.1. The van der Waals surface area contributed by atoms with Gasteiger partial charge in [-0.1, -0.05) is 84.9 Å². The topological polar surface area (TPSA) is 98.7 Å². The number of hydrogen-bond donors (Lipinski definition) is 4. The molecule has 0 atom stereocenters. The van der Waals surface area contributed by atoms with Crippen molar-refractivity contribution in [2.75, 3.05) is 10.6 Å². The molecule has 6 nitrogen and oxygen atoms in total. The molecule has 6 aromatic rings. The number of hydrogen-bond acceptors (Lipinski definition) is 4. The number of carbonyl (C=O) groups is 2. The molecule has 0 aromatic heterocycles. The molecule has 0 radical (unpaired) electrons. The molecule has 52 heavy (non-hydrogen) atoms. The highest BCUT2D eigenvalue weighted by Gasteiger charge is 2.07. The lowest BCUT2D eigenvalue weighted by atomic mass is 10.0. The van der Waals surface area contributed by atoms with Crippen LogP contribution in [0.15, 0.2) is 146 Å². The average Bonchev–Trinajstić information content (AvgIpc) is 3.15. The molecular weight excluding hydrogens is 658 g/mol. The van der Waals surface area contributed by atoms with Gasteiger partial charge in [0, 0.05) is 35.3 Å². The zero-order valence-electron chi connectivity index (χ0n) is 28.6. The summed E-state index contributed by atoms with van der Waals surface area (Å²) in [5.74, 6) is -0.238. The van der Waals surface area contributed by atoms with Crippen LogP contribution in [0.5, 0.6) is 11.5 Å². The maximum absolute atomic E-state index is 13.8. The second-order valence-electron chi connectivity index (χ2n) is 12.3. The first-order valence-electron chi connectivity index (χ1n) is 17.1. The molecule has 0 aliphatic heterocycles. The molecule has 0 unspecified atom stereocenters. The van der Waals surface area contributed by atoms with Gasteiger partial charge in [0.15, 0.2) is 0 Å². The van der Waals surface area contributed by atoms with Crippen LogP contribution in [-0.2, 0) is 22.4 Å². The highest BCUT2D eigenvalue weighted by Crippen LogP contribution is 2.25. The minimum atomic E-state index is -0.230. The highest BCUT2D eigenvalue weighted by molar-refractivity contribution is 5.91. The Bertz CT molecular complexity index is 1900. The van der Waals surface area contributed by atoms with E-state index in [2.05, 4.69) is 10.6 Å². The van der Waals surface area contributed by atoms with Gasteiger partial charge in [-0.25, -0.2) is 8.78 Å². The van der Waals surface area contributed by atoms with Crippen LogP contribution >= 0.6 is 0 Å². The number of phenols is 2. The minimum Gasteiger partial charge on any atom is -0.508 e. The van der Waals surface area contributed by atoms with E-state index in [1.165, 1.54) is 36.4 Å². The van der Waals surface area contributed by atoms with Crippen molar-refractivity contribution in [3.63, 3.8) is 0 Å². The van der Waals surface area contributed by atoms with Crippen LogP contribution in [0.3, 0.4) is 0 Å². The van der Waals surface area contributed by atoms with Gasteiger partial charge in [-0.05, 0) is 109 Å². The predicted octanol–water partition coefficient (Wildman–Crippen LogP) is 10.3. The molecule has 6 aromatic carbocycles. The Labute approximate surface area is 302 Å². The van der Waals surface area contributed by atoms with Crippen LogP contribution in [0.2, 0.25) is 0 Å². The number of rotatable bonds is 12. The fourth-order valence-electron chi connectivity index (χ4n) is 5.54. The first-order chi connectivity index (χ1) is 25.2. The maximum Gasteiger partial charge on any atom is 0.224 e. The fraction of sp³-hybridized carbons (Fsp3) is 0.136. The molecular formula is C44H40F2N2O4.